The van der Waals surface area contributed by atoms with Crippen molar-refractivity contribution in [3.05, 3.63) is 45.5 Å². The van der Waals surface area contributed by atoms with Gasteiger partial charge in [0.05, 0.1) is 11.0 Å². The van der Waals surface area contributed by atoms with Crippen LogP contribution >= 0.6 is 0 Å². The zero-order valence-electron chi connectivity index (χ0n) is 10.8. The summed E-state index contributed by atoms with van der Waals surface area (Å²) >= 11 is 0. The van der Waals surface area contributed by atoms with E-state index < -0.39 is 10.9 Å². The molecule has 0 fully saturated rings. The summed E-state index contributed by atoms with van der Waals surface area (Å²) in [5.74, 6) is -0.604. The summed E-state index contributed by atoms with van der Waals surface area (Å²) in [6, 6.07) is 4.32. The fourth-order valence-corrected chi connectivity index (χ4v) is 1.47. The summed E-state index contributed by atoms with van der Waals surface area (Å²) < 4.78 is 5.37. The zero-order chi connectivity index (χ0) is 14.4. The topological polar surface area (TPSA) is 89.7 Å². The van der Waals surface area contributed by atoms with Crippen LogP contribution in [0.5, 0.6) is 5.75 Å². The molecule has 6 heteroatoms. The summed E-state index contributed by atoms with van der Waals surface area (Å²) in [5, 5.41) is 19.5. The second-order valence-electron chi connectivity index (χ2n) is 3.91. The molecule has 0 saturated heterocycles. The molecule has 1 N–H and O–H groups in total. The normalized spacial score (nSPS) is 11.2. The van der Waals surface area contributed by atoms with Gasteiger partial charge >= 0.3 is 5.97 Å². The molecule has 1 rings (SSSR count). The van der Waals surface area contributed by atoms with Crippen LogP contribution in [0.4, 0.5) is 5.69 Å². The monoisotopic (exact) mass is 265 g/mol. The van der Waals surface area contributed by atoms with Crippen molar-refractivity contribution in [2.24, 2.45) is 0 Å². The van der Waals surface area contributed by atoms with E-state index in [1.165, 1.54) is 18.2 Å². The first-order valence-corrected chi connectivity index (χ1v) is 5.75. The number of aliphatic carboxylic acids is 1. The van der Waals surface area contributed by atoms with Gasteiger partial charge in [-0.25, -0.2) is 4.79 Å². The second kappa shape index (κ2) is 6.53. The third-order valence-corrected chi connectivity index (χ3v) is 2.61. The standard InChI is InChI=1S/C13H15NO5/c1-3-10(13(15)16)6-7-19-12-8-11(14(17)18)5-4-9(12)2/h4-6,8H,3,7H2,1-2H3,(H,15,16). The van der Waals surface area contributed by atoms with Gasteiger partial charge in [0.25, 0.3) is 5.69 Å². The van der Waals surface area contributed by atoms with E-state index in [1.54, 1.807) is 19.9 Å². The van der Waals surface area contributed by atoms with Gasteiger partial charge in [-0.15, -0.1) is 0 Å². The molecule has 0 amide bonds. The predicted octanol–water partition coefficient (Wildman–Crippen LogP) is 2.70. The number of rotatable bonds is 6. The zero-order valence-corrected chi connectivity index (χ0v) is 10.8. The maximum absolute atomic E-state index is 10.8. The van der Waals surface area contributed by atoms with E-state index in [0.717, 1.165) is 5.56 Å². The first kappa shape index (κ1) is 14.7. The maximum Gasteiger partial charge on any atom is 0.331 e. The number of nitro groups is 1. The molecule has 0 aliphatic rings. The molecule has 0 unspecified atom stereocenters. The van der Waals surface area contributed by atoms with Gasteiger partial charge in [-0.3, -0.25) is 10.1 Å². The molecule has 19 heavy (non-hydrogen) atoms. The molecule has 1 aromatic carbocycles. The number of nitrogens with zero attached hydrogens (tertiary/aromatic N) is 1. The van der Waals surface area contributed by atoms with Gasteiger partial charge in [0, 0.05) is 11.6 Å². The number of aryl methyl sites for hydroxylation is 1. The maximum atomic E-state index is 10.8. The van der Waals surface area contributed by atoms with E-state index in [1.807, 2.05) is 0 Å². The Kier molecular flexibility index (Phi) is 5.05. The minimum atomic E-state index is -0.984. The Bertz CT molecular complexity index is 522. The molecule has 0 spiro atoms. The molecule has 0 radical (unpaired) electrons. The number of non-ortho nitro benzene ring substituents is 1. The minimum Gasteiger partial charge on any atom is -0.489 e. The number of hydrogen-bond acceptors (Lipinski definition) is 4. The highest BCUT2D eigenvalue weighted by Crippen LogP contribution is 2.24. The molecular weight excluding hydrogens is 250 g/mol. The van der Waals surface area contributed by atoms with E-state index in [0.29, 0.717) is 12.2 Å². The SMILES string of the molecule is CCC(=CCOc1cc([N+](=O)[O-])ccc1C)C(=O)O. The number of carbonyl (C=O) groups is 1. The molecular formula is C13H15NO5. The third kappa shape index (κ3) is 4.09. The predicted molar refractivity (Wildman–Crippen MR) is 69.3 cm³/mol. The minimum absolute atomic E-state index is 0.0569. The summed E-state index contributed by atoms with van der Waals surface area (Å²) in [4.78, 5) is 20.9. The summed E-state index contributed by atoms with van der Waals surface area (Å²) in [6.07, 6.45) is 1.85. The van der Waals surface area contributed by atoms with E-state index in [2.05, 4.69) is 0 Å². The van der Waals surface area contributed by atoms with Gasteiger partial charge in [-0.05, 0) is 31.1 Å². The number of benzene rings is 1. The Morgan fingerprint density at radius 2 is 2.21 bits per heavy atom. The highest BCUT2D eigenvalue weighted by Gasteiger charge is 2.09. The van der Waals surface area contributed by atoms with Gasteiger partial charge in [0.1, 0.15) is 12.4 Å². The van der Waals surface area contributed by atoms with Crippen LogP contribution in [0.15, 0.2) is 29.8 Å². The van der Waals surface area contributed by atoms with Gasteiger partial charge in [-0.1, -0.05) is 6.92 Å². The smallest absolute Gasteiger partial charge is 0.331 e. The van der Waals surface area contributed by atoms with Crippen LogP contribution in [-0.4, -0.2) is 22.6 Å². The fraction of sp³-hybridized carbons (Fsp3) is 0.308. The van der Waals surface area contributed by atoms with Crippen LogP contribution < -0.4 is 4.74 Å². The van der Waals surface area contributed by atoms with Crippen LogP contribution in [0, 0.1) is 17.0 Å². The Morgan fingerprint density at radius 3 is 2.74 bits per heavy atom. The molecule has 0 aromatic heterocycles. The van der Waals surface area contributed by atoms with Crippen LogP contribution in [0.2, 0.25) is 0 Å². The molecule has 6 nitrogen and oxygen atoms in total. The highest BCUT2D eigenvalue weighted by atomic mass is 16.6. The molecule has 102 valence electrons. The van der Waals surface area contributed by atoms with Gasteiger partial charge in [0.2, 0.25) is 0 Å². The van der Waals surface area contributed by atoms with Crippen molar-refractivity contribution in [1.29, 1.82) is 0 Å². The van der Waals surface area contributed by atoms with Crippen molar-refractivity contribution in [3.63, 3.8) is 0 Å². The van der Waals surface area contributed by atoms with Crippen LogP contribution in [0.25, 0.3) is 0 Å². The largest absolute Gasteiger partial charge is 0.489 e. The van der Waals surface area contributed by atoms with Crippen molar-refractivity contribution in [2.45, 2.75) is 20.3 Å². The molecule has 0 aliphatic heterocycles. The van der Waals surface area contributed by atoms with E-state index >= 15 is 0 Å². The molecule has 0 atom stereocenters. The lowest BCUT2D eigenvalue weighted by Crippen LogP contribution is -2.03. The summed E-state index contributed by atoms with van der Waals surface area (Å²) in [6.45, 7) is 3.57. The van der Waals surface area contributed by atoms with Crippen molar-refractivity contribution in [1.82, 2.24) is 0 Å². The summed E-state index contributed by atoms with van der Waals surface area (Å²) in [5.41, 5.74) is 0.953. The fourth-order valence-electron chi connectivity index (χ4n) is 1.47. The molecule has 0 saturated carbocycles. The molecule has 0 bridgehead atoms. The van der Waals surface area contributed by atoms with Crippen molar-refractivity contribution in [3.8, 4) is 5.75 Å². The molecule has 0 heterocycles. The number of carboxylic acid groups (broad SMARTS) is 1. The molecule has 0 aliphatic carbocycles. The van der Waals surface area contributed by atoms with E-state index in [9.17, 15) is 14.9 Å². The Morgan fingerprint density at radius 1 is 1.53 bits per heavy atom. The Hall–Kier alpha value is -2.37. The van der Waals surface area contributed by atoms with Gasteiger partial charge in [-0.2, -0.15) is 0 Å². The van der Waals surface area contributed by atoms with Crippen molar-refractivity contribution in [2.75, 3.05) is 6.61 Å². The van der Waals surface area contributed by atoms with Crippen LogP contribution in [-0.2, 0) is 4.79 Å². The lowest BCUT2D eigenvalue weighted by Gasteiger charge is -2.07. The highest BCUT2D eigenvalue weighted by molar-refractivity contribution is 5.86. The second-order valence-corrected chi connectivity index (χ2v) is 3.91. The third-order valence-electron chi connectivity index (χ3n) is 2.61. The number of nitro benzene ring substituents is 1. The Balaban J connectivity index is 2.80. The van der Waals surface area contributed by atoms with Crippen LogP contribution in [0.1, 0.15) is 18.9 Å². The van der Waals surface area contributed by atoms with Gasteiger partial charge in [0.15, 0.2) is 0 Å². The van der Waals surface area contributed by atoms with Crippen molar-refractivity contribution < 1.29 is 19.6 Å². The van der Waals surface area contributed by atoms with Crippen LogP contribution in [0.3, 0.4) is 0 Å². The molecule has 1 aromatic rings. The number of carboxylic acids is 1. The first-order chi connectivity index (χ1) is 8.95. The van der Waals surface area contributed by atoms with E-state index in [-0.39, 0.29) is 17.9 Å². The average Bonchev–Trinajstić information content (AvgIpc) is 2.35. The quantitative estimate of drug-likeness (QED) is 0.485. The summed E-state index contributed by atoms with van der Waals surface area (Å²) in [7, 11) is 0. The first-order valence-electron chi connectivity index (χ1n) is 5.75. The van der Waals surface area contributed by atoms with E-state index in [4.69, 9.17) is 9.84 Å². The average molecular weight is 265 g/mol. The van der Waals surface area contributed by atoms with Gasteiger partial charge < -0.3 is 9.84 Å². The van der Waals surface area contributed by atoms with Crippen molar-refractivity contribution >= 4 is 11.7 Å². The lowest BCUT2D eigenvalue weighted by atomic mass is 10.2. The Labute approximate surface area is 110 Å². The number of hydrogen-bond donors (Lipinski definition) is 1. The number of ether oxygens (including phenoxy) is 1. The lowest BCUT2D eigenvalue weighted by molar-refractivity contribution is -0.384.